The molecule has 1 aliphatic heterocycles. The van der Waals surface area contributed by atoms with Gasteiger partial charge in [-0.1, -0.05) is 25.5 Å². The van der Waals surface area contributed by atoms with Gasteiger partial charge in [0.15, 0.2) is 17.6 Å². The highest BCUT2D eigenvalue weighted by molar-refractivity contribution is 6.04. The molecule has 0 bridgehead atoms. The smallest absolute Gasteiger partial charge is 0.255 e. The van der Waals surface area contributed by atoms with E-state index in [-0.39, 0.29) is 12.0 Å². The van der Waals surface area contributed by atoms with E-state index < -0.39 is 0 Å². The molecule has 1 amide bonds. The molecule has 1 N–H and O–H groups in total. The first-order valence-corrected chi connectivity index (χ1v) is 10.2. The van der Waals surface area contributed by atoms with E-state index in [9.17, 15) is 4.79 Å². The molecule has 4 rings (SSSR count). The summed E-state index contributed by atoms with van der Waals surface area (Å²) in [7, 11) is 0. The molecule has 1 unspecified atom stereocenters. The van der Waals surface area contributed by atoms with Crippen LogP contribution >= 0.6 is 0 Å². The lowest BCUT2D eigenvalue weighted by molar-refractivity contribution is 0.0759. The molecule has 2 heterocycles. The summed E-state index contributed by atoms with van der Waals surface area (Å²) in [6.45, 7) is 3.77. The van der Waals surface area contributed by atoms with Gasteiger partial charge >= 0.3 is 0 Å². The van der Waals surface area contributed by atoms with Gasteiger partial charge in [0.1, 0.15) is 12.4 Å². The van der Waals surface area contributed by atoms with E-state index in [2.05, 4.69) is 17.3 Å². The fourth-order valence-electron chi connectivity index (χ4n) is 3.13. The minimum Gasteiger partial charge on any atom is -0.494 e. The van der Waals surface area contributed by atoms with E-state index in [0.29, 0.717) is 31.0 Å². The summed E-state index contributed by atoms with van der Waals surface area (Å²) in [5, 5.41) is 7.18. The third-order valence-electron chi connectivity index (χ3n) is 4.73. The minimum atomic E-state index is -0.194. The van der Waals surface area contributed by atoms with Crippen LogP contribution in [0.15, 0.2) is 60.9 Å². The first kappa shape index (κ1) is 19.8. The molecule has 30 heavy (non-hydrogen) atoms. The summed E-state index contributed by atoms with van der Waals surface area (Å²) in [5.41, 5.74) is 1.19. The van der Waals surface area contributed by atoms with Gasteiger partial charge in [-0.25, -0.2) is 0 Å². The van der Waals surface area contributed by atoms with Crippen LogP contribution in [-0.4, -0.2) is 35.0 Å². The molecule has 0 fully saturated rings. The Balaban J connectivity index is 1.30. The maximum Gasteiger partial charge on any atom is 0.255 e. The van der Waals surface area contributed by atoms with Crippen LogP contribution in [0.25, 0.3) is 0 Å². The number of ether oxygens (including phenoxy) is 3. The Bertz CT molecular complexity index is 984. The number of amides is 1. The maximum atomic E-state index is 12.5. The van der Waals surface area contributed by atoms with Gasteiger partial charge in [0, 0.05) is 11.8 Å². The summed E-state index contributed by atoms with van der Waals surface area (Å²) < 4.78 is 19.1. The van der Waals surface area contributed by atoms with Crippen molar-refractivity contribution in [1.29, 1.82) is 0 Å². The number of unbranched alkanes of at least 4 members (excludes halogenated alkanes) is 1. The average molecular weight is 407 g/mol. The lowest BCUT2D eigenvalue weighted by Gasteiger charge is -2.26. The molecule has 0 saturated heterocycles. The van der Waals surface area contributed by atoms with Crippen molar-refractivity contribution in [2.45, 2.75) is 32.4 Å². The number of rotatable bonds is 8. The third kappa shape index (κ3) is 4.92. The molecule has 0 spiro atoms. The van der Waals surface area contributed by atoms with Gasteiger partial charge in [-0.3, -0.25) is 9.48 Å². The SMILES string of the molecule is CCCCOc1ccc(C(=O)Nc2cnn(CC3COc4ccccc4O3)c2)cc1. The lowest BCUT2D eigenvalue weighted by Crippen LogP contribution is -2.33. The molecule has 1 aromatic heterocycles. The number of anilines is 1. The molecule has 3 aromatic rings. The Morgan fingerprint density at radius 2 is 2.00 bits per heavy atom. The second-order valence-corrected chi connectivity index (χ2v) is 7.13. The van der Waals surface area contributed by atoms with Crippen LogP contribution in [0.3, 0.4) is 0 Å². The van der Waals surface area contributed by atoms with Crippen molar-refractivity contribution >= 4 is 11.6 Å². The van der Waals surface area contributed by atoms with Crippen molar-refractivity contribution in [2.75, 3.05) is 18.5 Å². The van der Waals surface area contributed by atoms with Crippen molar-refractivity contribution in [1.82, 2.24) is 9.78 Å². The van der Waals surface area contributed by atoms with Crippen LogP contribution in [0, 0.1) is 0 Å². The van der Waals surface area contributed by atoms with Gasteiger partial charge in [0.05, 0.1) is 25.0 Å². The van der Waals surface area contributed by atoms with E-state index in [1.54, 1.807) is 29.2 Å². The van der Waals surface area contributed by atoms with E-state index in [1.165, 1.54) is 0 Å². The van der Waals surface area contributed by atoms with Gasteiger partial charge in [-0.15, -0.1) is 0 Å². The van der Waals surface area contributed by atoms with Gasteiger partial charge in [0.2, 0.25) is 0 Å². The van der Waals surface area contributed by atoms with Crippen molar-refractivity contribution in [2.24, 2.45) is 0 Å². The number of fused-ring (bicyclic) bond motifs is 1. The number of benzene rings is 2. The number of hydrogen-bond acceptors (Lipinski definition) is 5. The van der Waals surface area contributed by atoms with Crippen LogP contribution in [-0.2, 0) is 6.54 Å². The number of nitrogens with zero attached hydrogens (tertiary/aromatic N) is 2. The van der Waals surface area contributed by atoms with Crippen molar-refractivity contribution in [3.05, 3.63) is 66.5 Å². The fourth-order valence-corrected chi connectivity index (χ4v) is 3.13. The maximum absolute atomic E-state index is 12.5. The molecule has 0 radical (unpaired) electrons. The molecule has 1 atom stereocenters. The summed E-state index contributed by atoms with van der Waals surface area (Å²) >= 11 is 0. The average Bonchev–Trinajstić information content (AvgIpc) is 3.21. The highest BCUT2D eigenvalue weighted by Crippen LogP contribution is 2.31. The lowest BCUT2D eigenvalue weighted by atomic mass is 10.2. The summed E-state index contributed by atoms with van der Waals surface area (Å²) in [4.78, 5) is 12.5. The predicted molar refractivity (Wildman–Crippen MR) is 113 cm³/mol. The predicted octanol–water partition coefficient (Wildman–Crippen LogP) is 4.15. The molecular formula is C23H25N3O4. The zero-order valence-electron chi connectivity index (χ0n) is 16.9. The van der Waals surface area contributed by atoms with Crippen LogP contribution in [0.4, 0.5) is 5.69 Å². The molecule has 7 nitrogen and oxygen atoms in total. The first-order valence-electron chi connectivity index (χ1n) is 10.2. The number of carbonyl (C=O) groups excluding carboxylic acids is 1. The van der Waals surface area contributed by atoms with Crippen molar-refractivity contribution in [3.8, 4) is 17.2 Å². The molecule has 2 aromatic carbocycles. The van der Waals surface area contributed by atoms with Crippen LogP contribution < -0.4 is 19.5 Å². The molecule has 7 heteroatoms. The van der Waals surface area contributed by atoms with Crippen LogP contribution in [0.2, 0.25) is 0 Å². The quantitative estimate of drug-likeness (QED) is 0.568. The van der Waals surface area contributed by atoms with Gasteiger partial charge in [-0.05, 0) is 42.8 Å². The Morgan fingerprint density at radius 3 is 2.80 bits per heavy atom. The van der Waals surface area contributed by atoms with Crippen LogP contribution in [0.5, 0.6) is 17.2 Å². The number of aromatic nitrogens is 2. The van der Waals surface area contributed by atoms with Gasteiger partial charge in [0.25, 0.3) is 5.91 Å². The largest absolute Gasteiger partial charge is 0.494 e. The van der Waals surface area contributed by atoms with E-state index in [1.807, 2.05) is 36.4 Å². The molecule has 1 aliphatic rings. The standard InChI is InChI=1S/C23H25N3O4/c1-2-3-12-28-19-10-8-17(9-11-19)23(27)25-18-13-24-26(14-18)15-20-16-29-21-6-4-5-7-22(21)30-20/h4-11,13-14,20H,2-3,12,15-16H2,1H3,(H,25,27). The fraction of sp³-hybridized carbons (Fsp3) is 0.304. The Morgan fingerprint density at radius 1 is 1.20 bits per heavy atom. The summed E-state index contributed by atoms with van der Waals surface area (Å²) in [6.07, 6.45) is 5.35. The Labute approximate surface area is 175 Å². The van der Waals surface area contributed by atoms with Gasteiger partial charge < -0.3 is 19.5 Å². The zero-order valence-corrected chi connectivity index (χ0v) is 16.9. The Kier molecular flexibility index (Phi) is 6.17. The first-order chi connectivity index (χ1) is 14.7. The van der Waals surface area contributed by atoms with Crippen LogP contribution in [0.1, 0.15) is 30.1 Å². The topological polar surface area (TPSA) is 74.6 Å². The highest BCUT2D eigenvalue weighted by Gasteiger charge is 2.21. The monoisotopic (exact) mass is 407 g/mol. The summed E-state index contributed by atoms with van der Waals surface area (Å²) in [5.74, 6) is 2.06. The molecule has 0 saturated carbocycles. The molecular weight excluding hydrogens is 382 g/mol. The van der Waals surface area contributed by atoms with E-state index in [0.717, 1.165) is 30.1 Å². The van der Waals surface area contributed by atoms with E-state index >= 15 is 0 Å². The van der Waals surface area contributed by atoms with Crippen molar-refractivity contribution < 1.29 is 19.0 Å². The number of para-hydroxylation sites is 2. The number of carbonyl (C=O) groups is 1. The summed E-state index contributed by atoms with van der Waals surface area (Å²) in [6, 6.07) is 14.7. The number of nitrogens with one attached hydrogen (secondary N) is 1. The minimum absolute atomic E-state index is 0.149. The third-order valence-corrected chi connectivity index (χ3v) is 4.73. The zero-order chi connectivity index (χ0) is 20.8. The second kappa shape index (κ2) is 9.35. The Hall–Kier alpha value is -3.48. The van der Waals surface area contributed by atoms with Crippen molar-refractivity contribution in [3.63, 3.8) is 0 Å². The number of hydrogen-bond donors (Lipinski definition) is 1. The second-order valence-electron chi connectivity index (χ2n) is 7.13. The highest BCUT2D eigenvalue weighted by atomic mass is 16.6. The van der Waals surface area contributed by atoms with E-state index in [4.69, 9.17) is 14.2 Å². The normalized spacial score (nSPS) is 14.9. The molecule has 156 valence electrons. The molecule has 0 aliphatic carbocycles. The van der Waals surface area contributed by atoms with Gasteiger partial charge in [-0.2, -0.15) is 5.10 Å².